The van der Waals surface area contributed by atoms with E-state index in [2.05, 4.69) is 9.88 Å². The third-order valence-corrected chi connectivity index (χ3v) is 6.31. The van der Waals surface area contributed by atoms with Gasteiger partial charge in [0.15, 0.2) is 0 Å². The molecule has 6 heteroatoms. The minimum absolute atomic E-state index is 0.0873. The molecule has 2 aromatic rings. The zero-order valence-electron chi connectivity index (χ0n) is 13.9. The van der Waals surface area contributed by atoms with Crippen LogP contribution in [-0.2, 0) is 22.3 Å². The molecule has 24 heavy (non-hydrogen) atoms. The van der Waals surface area contributed by atoms with E-state index in [-0.39, 0.29) is 5.75 Å². The van der Waals surface area contributed by atoms with Gasteiger partial charge in [0, 0.05) is 45.1 Å². The van der Waals surface area contributed by atoms with Crippen LogP contribution in [0.15, 0.2) is 48.8 Å². The van der Waals surface area contributed by atoms with Crippen LogP contribution in [0.25, 0.3) is 0 Å². The number of aryl methyl sites for hydroxylation is 1. The number of piperazine rings is 1. The molecule has 0 amide bonds. The molecule has 0 saturated carbocycles. The van der Waals surface area contributed by atoms with Crippen molar-refractivity contribution in [1.29, 1.82) is 0 Å². The number of nitrogens with zero attached hydrogens (tertiary/aromatic N) is 3. The first-order valence-electron chi connectivity index (χ1n) is 8.18. The van der Waals surface area contributed by atoms with Crippen molar-refractivity contribution in [2.45, 2.75) is 19.2 Å². The molecule has 2 heterocycles. The van der Waals surface area contributed by atoms with E-state index < -0.39 is 10.0 Å². The summed E-state index contributed by atoms with van der Waals surface area (Å²) in [6.07, 6.45) is 3.58. The predicted octanol–water partition coefficient (Wildman–Crippen LogP) is 2.04. The van der Waals surface area contributed by atoms with Gasteiger partial charge in [0.2, 0.25) is 10.0 Å². The highest BCUT2D eigenvalue weighted by Crippen LogP contribution is 2.17. The number of aromatic nitrogens is 1. The second-order valence-electron chi connectivity index (χ2n) is 6.21. The van der Waals surface area contributed by atoms with E-state index in [1.165, 1.54) is 5.56 Å². The van der Waals surface area contributed by atoms with Gasteiger partial charge in [0.25, 0.3) is 0 Å². The fraction of sp³-hybridized carbons (Fsp3) is 0.389. The third-order valence-electron chi connectivity index (χ3n) is 4.48. The van der Waals surface area contributed by atoms with Crippen molar-refractivity contribution in [1.82, 2.24) is 14.2 Å². The highest BCUT2D eigenvalue weighted by molar-refractivity contribution is 7.88. The van der Waals surface area contributed by atoms with Crippen LogP contribution in [0.2, 0.25) is 0 Å². The van der Waals surface area contributed by atoms with E-state index >= 15 is 0 Å². The van der Waals surface area contributed by atoms with Gasteiger partial charge in [-0.05, 0) is 35.7 Å². The number of rotatable bonds is 5. The zero-order chi connectivity index (χ0) is 17.0. The lowest BCUT2D eigenvalue weighted by Gasteiger charge is -2.34. The molecule has 1 aromatic carbocycles. The van der Waals surface area contributed by atoms with Crippen LogP contribution in [0, 0.1) is 6.92 Å². The van der Waals surface area contributed by atoms with Crippen molar-refractivity contribution in [3.63, 3.8) is 0 Å². The fourth-order valence-electron chi connectivity index (χ4n) is 2.97. The summed E-state index contributed by atoms with van der Waals surface area (Å²) in [5.41, 5.74) is 3.12. The lowest BCUT2D eigenvalue weighted by Crippen LogP contribution is -2.48. The van der Waals surface area contributed by atoms with Gasteiger partial charge in [-0.2, -0.15) is 4.31 Å². The van der Waals surface area contributed by atoms with E-state index in [0.717, 1.165) is 30.8 Å². The molecule has 0 bridgehead atoms. The molecule has 5 nitrogen and oxygen atoms in total. The van der Waals surface area contributed by atoms with E-state index in [1.54, 1.807) is 16.7 Å². The molecule has 3 rings (SSSR count). The monoisotopic (exact) mass is 345 g/mol. The molecule has 0 N–H and O–H groups in total. The zero-order valence-corrected chi connectivity index (χ0v) is 14.7. The second-order valence-corrected chi connectivity index (χ2v) is 8.18. The Balaban J connectivity index is 1.58. The lowest BCUT2D eigenvalue weighted by atomic mass is 10.1. The Labute approximate surface area is 144 Å². The van der Waals surface area contributed by atoms with E-state index in [4.69, 9.17) is 0 Å². The van der Waals surface area contributed by atoms with Crippen molar-refractivity contribution in [3.8, 4) is 0 Å². The SMILES string of the molecule is Cc1ccccc1CS(=O)(=O)N1CCN(Cc2ccncc2)CC1. The Hall–Kier alpha value is -1.76. The van der Waals surface area contributed by atoms with Crippen LogP contribution in [0.4, 0.5) is 0 Å². The average molecular weight is 345 g/mol. The smallest absolute Gasteiger partial charge is 0.218 e. The molecule has 1 aliphatic rings. The van der Waals surface area contributed by atoms with Crippen LogP contribution in [0.1, 0.15) is 16.7 Å². The van der Waals surface area contributed by atoms with Gasteiger partial charge in [-0.1, -0.05) is 24.3 Å². The Bertz CT molecular complexity index is 770. The van der Waals surface area contributed by atoms with Crippen LogP contribution < -0.4 is 0 Å². The Morgan fingerprint density at radius 2 is 1.67 bits per heavy atom. The molecule has 1 fully saturated rings. The number of sulfonamides is 1. The summed E-state index contributed by atoms with van der Waals surface area (Å²) in [5, 5.41) is 0. The molecular weight excluding hydrogens is 322 g/mol. The number of hydrogen-bond donors (Lipinski definition) is 0. The molecule has 0 spiro atoms. The quantitative estimate of drug-likeness (QED) is 0.832. The average Bonchev–Trinajstić information content (AvgIpc) is 2.58. The molecule has 128 valence electrons. The molecule has 1 aliphatic heterocycles. The molecule has 0 atom stereocenters. The summed E-state index contributed by atoms with van der Waals surface area (Å²) < 4.78 is 27.0. The van der Waals surface area contributed by atoms with Crippen LogP contribution >= 0.6 is 0 Å². The highest BCUT2D eigenvalue weighted by atomic mass is 32.2. The fourth-order valence-corrected chi connectivity index (χ4v) is 4.59. The summed E-state index contributed by atoms with van der Waals surface area (Å²) in [6.45, 7) is 5.43. The van der Waals surface area contributed by atoms with Gasteiger partial charge in [-0.15, -0.1) is 0 Å². The Morgan fingerprint density at radius 1 is 1.00 bits per heavy atom. The van der Waals surface area contributed by atoms with Gasteiger partial charge in [0.1, 0.15) is 0 Å². The largest absolute Gasteiger partial charge is 0.296 e. The van der Waals surface area contributed by atoms with Crippen LogP contribution in [0.5, 0.6) is 0 Å². The highest BCUT2D eigenvalue weighted by Gasteiger charge is 2.27. The van der Waals surface area contributed by atoms with Gasteiger partial charge >= 0.3 is 0 Å². The van der Waals surface area contributed by atoms with Crippen molar-refractivity contribution in [3.05, 3.63) is 65.5 Å². The van der Waals surface area contributed by atoms with Gasteiger partial charge < -0.3 is 0 Å². The standard InChI is InChI=1S/C18H23N3O2S/c1-16-4-2-3-5-18(16)15-24(22,23)21-12-10-20(11-13-21)14-17-6-8-19-9-7-17/h2-9H,10-15H2,1H3. The minimum Gasteiger partial charge on any atom is -0.296 e. The Morgan fingerprint density at radius 3 is 2.33 bits per heavy atom. The van der Waals surface area contributed by atoms with Crippen LogP contribution in [0.3, 0.4) is 0 Å². The first-order valence-corrected chi connectivity index (χ1v) is 9.79. The normalized spacial score (nSPS) is 17.0. The molecule has 0 radical (unpaired) electrons. The van der Waals surface area contributed by atoms with E-state index in [1.807, 2.05) is 43.3 Å². The van der Waals surface area contributed by atoms with E-state index in [9.17, 15) is 8.42 Å². The second kappa shape index (κ2) is 7.42. The van der Waals surface area contributed by atoms with Crippen molar-refractivity contribution in [2.24, 2.45) is 0 Å². The summed E-state index contributed by atoms with van der Waals surface area (Å²) in [5.74, 6) is 0.0873. The molecule has 1 aromatic heterocycles. The topological polar surface area (TPSA) is 53.5 Å². The lowest BCUT2D eigenvalue weighted by molar-refractivity contribution is 0.181. The van der Waals surface area contributed by atoms with Crippen molar-refractivity contribution >= 4 is 10.0 Å². The van der Waals surface area contributed by atoms with Gasteiger partial charge in [-0.3, -0.25) is 9.88 Å². The molecular formula is C18H23N3O2S. The van der Waals surface area contributed by atoms with Gasteiger partial charge in [0.05, 0.1) is 5.75 Å². The summed E-state index contributed by atoms with van der Waals surface area (Å²) in [6, 6.07) is 11.7. The number of hydrogen-bond acceptors (Lipinski definition) is 4. The molecule has 0 aliphatic carbocycles. The predicted molar refractivity (Wildman–Crippen MR) is 94.9 cm³/mol. The Kier molecular flexibility index (Phi) is 5.28. The maximum absolute atomic E-state index is 12.7. The summed E-state index contributed by atoms with van der Waals surface area (Å²) >= 11 is 0. The number of benzene rings is 1. The summed E-state index contributed by atoms with van der Waals surface area (Å²) in [7, 11) is -3.26. The van der Waals surface area contributed by atoms with Crippen molar-refractivity contribution in [2.75, 3.05) is 26.2 Å². The first-order chi connectivity index (χ1) is 11.5. The summed E-state index contributed by atoms with van der Waals surface area (Å²) in [4.78, 5) is 6.31. The molecule has 1 saturated heterocycles. The third kappa shape index (κ3) is 4.20. The maximum atomic E-state index is 12.7. The molecule has 0 unspecified atom stereocenters. The van der Waals surface area contributed by atoms with E-state index in [0.29, 0.717) is 13.1 Å². The number of pyridine rings is 1. The van der Waals surface area contributed by atoms with Crippen molar-refractivity contribution < 1.29 is 8.42 Å². The maximum Gasteiger partial charge on any atom is 0.218 e. The van der Waals surface area contributed by atoms with Crippen LogP contribution in [-0.4, -0.2) is 48.8 Å². The minimum atomic E-state index is -3.26. The first kappa shape index (κ1) is 17.1. The van der Waals surface area contributed by atoms with Gasteiger partial charge in [-0.25, -0.2) is 8.42 Å².